The molecule has 0 aromatic carbocycles. The van der Waals surface area contributed by atoms with E-state index < -0.39 is 5.60 Å². The highest BCUT2D eigenvalue weighted by Crippen LogP contribution is 2.30. The van der Waals surface area contributed by atoms with E-state index in [1.54, 1.807) is 47.8 Å². The van der Waals surface area contributed by atoms with Crippen LogP contribution in [0, 0.1) is 0 Å². The molecule has 0 aliphatic rings. The average Bonchev–Trinajstić information content (AvgIpc) is 3.02. The number of hydrogen-bond donors (Lipinski definition) is 1. The molecule has 0 atom stereocenters. The zero-order valence-corrected chi connectivity index (χ0v) is 10.8. The molecule has 0 radical (unpaired) electrons. The summed E-state index contributed by atoms with van der Waals surface area (Å²) in [7, 11) is 0. The van der Waals surface area contributed by atoms with E-state index in [-0.39, 0.29) is 0 Å². The lowest BCUT2D eigenvalue weighted by atomic mass is 9.88. The molecule has 100 valence electrons. The Labute approximate surface area is 116 Å². The molecule has 0 saturated heterocycles. The zero-order valence-electron chi connectivity index (χ0n) is 10.8. The van der Waals surface area contributed by atoms with Crippen LogP contribution >= 0.6 is 0 Å². The molecule has 0 aliphatic heterocycles. The molecule has 0 unspecified atom stereocenters. The summed E-state index contributed by atoms with van der Waals surface area (Å²) in [6.45, 7) is 0.303. The summed E-state index contributed by atoms with van der Waals surface area (Å²) in [6.07, 6.45) is 10.2. The molecule has 5 heteroatoms. The van der Waals surface area contributed by atoms with Gasteiger partial charge in [-0.05, 0) is 18.2 Å². The van der Waals surface area contributed by atoms with Crippen LogP contribution in [0.5, 0.6) is 0 Å². The molecule has 3 heterocycles. The Bertz CT molecular complexity index is 613. The second-order valence-corrected chi connectivity index (χ2v) is 4.55. The highest BCUT2D eigenvalue weighted by molar-refractivity contribution is 5.32. The van der Waals surface area contributed by atoms with E-state index in [0.717, 1.165) is 0 Å². The van der Waals surface area contributed by atoms with Crippen LogP contribution in [0.15, 0.2) is 67.5 Å². The molecule has 0 aliphatic carbocycles. The van der Waals surface area contributed by atoms with Crippen molar-refractivity contribution in [3.8, 4) is 0 Å². The predicted octanol–water partition coefficient (Wildman–Crippen LogP) is 1.61. The van der Waals surface area contributed by atoms with Gasteiger partial charge in [-0.3, -0.25) is 14.6 Å². The van der Waals surface area contributed by atoms with Crippen molar-refractivity contribution < 1.29 is 5.11 Å². The molecule has 0 bridgehead atoms. The first kappa shape index (κ1) is 12.5. The highest BCUT2D eigenvalue weighted by atomic mass is 16.3. The second-order valence-electron chi connectivity index (χ2n) is 4.55. The first-order valence-electron chi connectivity index (χ1n) is 6.30. The number of aliphatic hydroxyl groups is 1. The molecule has 5 nitrogen and oxygen atoms in total. The highest BCUT2D eigenvalue weighted by Gasteiger charge is 2.32. The third-order valence-electron chi connectivity index (χ3n) is 3.23. The third kappa shape index (κ3) is 2.31. The van der Waals surface area contributed by atoms with E-state index in [9.17, 15) is 5.11 Å². The van der Waals surface area contributed by atoms with E-state index in [1.165, 1.54) is 0 Å². The minimum absolute atomic E-state index is 0.303. The Morgan fingerprint density at radius 3 is 2.05 bits per heavy atom. The van der Waals surface area contributed by atoms with Crippen LogP contribution in [-0.2, 0) is 12.1 Å². The summed E-state index contributed by atoms with van der Waals surface area (Å²) in [5, 5.41) is 15.4. The maximum atomic E-state index is 11.2. The van der Waals surface area contributed by atoms with Crippen molar-refractivity contribution in [3.05, 3.63) is 78.6 Å². The lowest BCUT2D eigenvalue weighted by Crippen LogP contribution is -2.33. The first-order chi connectivity index (χ1) is 9.79. The molecule has 0 spiro atoms. The number of aromatic nitrogens is 4. The normalized spacial score (nSPS) is 11.4. The fraction of sp³-hybridized carbons (Fsp3) is 0.133. The van der Waals surface area contributed by atoms with Crippen LogP contribution < -0.4 is 0 Å². The van der Waals surface area contributed by atoms with Crippen molar-refractivity contribution in [2.75, 3.05) is 0 Å². The van der Waals surface area contributed by atoms with Gasteiger partial charge in [0.1, 0.15) is 5.60 Å². The van der Waals surface area contributed by atoms with Gasteiger partial charge in [0, 0.05) is 48.3 Å². The monoisotopic (exact) mass is 266 g/mol. The minimum atomic E-state index is -1.21. The summed E-state index contributed by atoms with van der Waals surface area (Å²) in [4.78, 5) is 8.19. The van der Waals surface area contributed by atoms with Crippen molar-refractivity contribution in [2.24, 2.45) is 0 Å². The van der Waals surface area contributed by atoms with Crippen LogP contribution in [0.3, 0.4) is 0 Å². The fourth-order valence-corrected chi connectivity index (χ4v) is 2.19. The van der Waals surface area contributed by atoms with Crippen molar-refractivity contribution in [2.45, 2.75) is 12.1 Å². The van der Waals surface area contributed by atoms with Crippen molar-refractivity contribution in [1.82, 2.24) is 19.7 Å². The maximum Gasteiger partial charge on any atom is 0.137 e. The summed E-state index contributed by atoms with van der Waals surface area (Å²) >= 11 is 0. The van der Waals surface area contributed by atoms with Crippen molar-refractivity contribution in [1.29, 1.82) is 0 Å². The molecule has 3 aromatic heterocycles. The van der Waals surface area contributed by atoms with Gasteiger partial charge in [0.15, 0.2) is 0 Å². The van der Waals surface area contributed by atoms with E-state index in [2.05, 4.69) is 15.1 Å². The van der Waals surface area contributed by atoms with E-state index in [4.69, 9.17) is 0 Å². The summed E-state index contributed by atoms with van der Waals surface area (Å²) in [5.74, 6) is 0. The Balaban J connectivity index is 2.08. The summed E-state index contributed by atoms with van der Waals surface area (Å²) < 4.78 is 1.69. The Hall–Kier alpha value is -2.53. The molecule has 0 amide bonds. The van der Waals surface area contributed by atoms with Gasteiger partial charge in [-0.2, -0.15) is 5.10 Å². The molecule has 20 heavy (non-hydrogen) atoms. The number of rotatable bonds is 4. The van der Waals surface area contributed by atoms with E-state index in [1.807, 2.05) is 24.4 Å². The van der Waals surface area contributed by atoms with Crippen LogP contribution in [0.25, 0.3) is 0 Å². The molecular formula is C15H14N4O. The van der Waals surface area contributed by atoms with Gasteiger partial charge in [0.25, 0.3) is 0 Å². The third-order valence-corrected chi connectivity index (χ3v) is 3.23. The minimum Gasteiger partial charge on any atom is -0.378 e. The van der Waals surface area contributed by atoms with Crippen LogP contribution in [-0.4, -0.2) is 24.9 Å². The van der Waals surface area contributed by atoms with Crippen LogP contribution in [0.2, 0.25) is 0 Å². The summed E-state index contributed by atoms with van der Waals surface area (Å²) in [6, 6.07) is 9.14. The molecule has 3 aromatic rings. The number of pyridine rings is 2. The number of hydrogen-bond acceptors (Lipinski definition) is 4. The van der Waals surface area contributed by atoms with Crippen molar-refractivity contribution in [3.63, 3.8) is 0 Å². The standard InChI is InChI=1S/C15H14N4O/c20-15(12-19-9-3-8-18-19,13-4-1-6-16-10-13)14-5-2-7-17-11-14/h1-11,20H,12H2. The SMILES string of the molecule is OC(Cn1cccn1)(c1cccnc1)c1cccnc1. The van der Waals surface area contributed by atoms with Gasteiger partial charge in [-0.15, -0.1) is 0 Å². The zero-order chi connectivity index (χ0) is 13.8. The lowest BCUT2D eigenvalue weighted by molar-refractivity contribution is 0.0566. The average molecular weight is 266 g/mol. The number of nitrogens with zero attached hydrogens (tertiary/aromatic N) is 4. The van der Waals surface area contributed by atoms with E-state index >= 15 is 0 Å². The van der Waals surface area contributed by atoms with Crippen LogP contribution in [0.4, 0.5) is 0 Å². The molecule has 1 N–H and O–H groups in total. The Kier molecular flexibility index (Phi) is 3.26. The quantitative estimate of drug-likeness (QED) is 0.779. The van der Waals surface area contributed by atoms with Gasteiger partial charge in [-0.25, -0.2) is 0 Å². The fourth-order valence-electron chi connectivity index (χ4n) is 2.19. The largest absolute Gasteiger partial charge is 0.378 e. The van der Waals surface area contributed by atoms with Crippen LogP contribution in [0.1, 0.15) is 11.1 Å². The van der Waals surface area contributed by atoms with Crippen molar-refractivity contribution >= 4 is 0 Å². The van der Waals surface area contributed by atoms with Gasteiger partial charge in [0.2, 0.25) is 0 Å². The topological polar surface area (TPSA) is 63.8 Å². The molecule has 0 saturated carbocycles. The lowest BCUT2D eigenvalue weighted by Gasteiger charge is -2.28. The van der Waals surface area contributed by atoms with Gasteiger partial charge >= 0.3 is 0 Å². The Morgan fingerprint density at radius 2 is 1.60 bits per heavy atom. The smallest absolute Gasteiger partial charge is 0.137 e. The summed E-state index contributed by atoms with van der Waals surface area (Å²) in [5.41, 5.74) is 0.209. The second kappa shape index (κ2) is 5.22. The first-order valence-corrected chi connectivity index (χ1v) is 6.30. The van der Waals surface area contributed by atoms with Gasteiger partial charge in [0.05, 0.1) is 6.54 Å². The molecule has 3 rings (SSSR count). The predicted molar refractivity (Wildman–Crippen MR) is 73.7 cm³/mol. The van der Waals surface area contributed by atoms with E-state index in [0.29, 0.717) is 17.7 Å². The Morgan fingerprint density at radius 1 is 0.950 bits per heavy atom. The molecule has 0 fully saturated rings. The van der Waals surface area contributed by atoms with Gasteiger partial charge in [-0.1, -0.05) is 12.1 Å². The maximum absolute atomic E-state index is 11.2. The van der Waals surface area contributed by atoms with Gasteiger partial charge < -0.3 is 5.11 Å². The molecular weight excluding hydrogens is 252 g/mol.